The van der Waals surface area contributed by atoms with Gasteiger partial charge in [-0.2, -0.15) is 0 Å². The Morgan fingerprint density at radius 3 is 2.62 bits per heavy atom. The Hall–Kier alpha value is -2.71. The van der Waals surface area contributed by atoms with Gasteiger partial charge in [-0.25, -0.2) is 18.7 Å². The zero-order valence-electron chi connectivity index (χ0n) is 16.3. The average Bonchev–Trinajstić information content (AvgIpc) is 2.70. The molecule has 0 bridgehead atoms. The van der Waals surface area contributed by atoms with Crippen LogP contribution in [0.15, 0.2) is 24.4 Å². The van der Waals surface area contributed by atoms with Crippen molar-refractivity contribution in [1.29, 1.82) is 0 Å². The van der Waals surface area contributed by atoms with Gasteiger partial charge in [0, 0.05) is 22.7 Å². The molecule has 0 radical (unpaired) electrons. The molecule has 2 aromatic heterocycles. The van der Waals surface area contributed by atoms with Crippen LogP contribution in [0.1, 0.15) is 37.1 Å². The van der Waals surface area contributed by atoms with E-state index in [-0.39, 0.29) is 22.8 Å². The lowest BCUT2D eigenvalue weighted by atomic mass is 10.00. The number of hydrogen-bond donors (Lipinski definition) is 3. The van der Waals surface area contributed by atoms with Crippen molar-refractivity contribution in [1.82, 2.24) is 20.3 Å². The molecule has 0 amide bonds. The Bertz CT molecular complexity index is 1050. The number of aliphatic hydroxyl groups excluding tert-OH is 1. The van der Waals surface area contributed by atoms with Gasteiger partial charge in [-0.3, -0.25) is 4.98 Å². The van der Waals surface area contributed by atoms with Gasteiger partial charge in [0.15, 0.2) is 5.82 Å². The van der Waals surface area contributed by atoms with Gasteiger partial charge in [-0.15, -0.1) is 0 Å². The molecule has 3 heterocycles. The van der Waals surface area contributed by atoms with Gasteiger partial charge in [0.25, 0.3) is 0 Å². The normalized spacial score (nSPS) is 16.2. The molecule has 4 rings (SSSR count). The number of benzene rings is 1. The third-order valence-electron chi connectivity index (χ3n) is 5.17. The van der Waals surface area contributed by atoms with Crippen molar-refractivity contribution in [3.05, 3.63) is 47.3 Å². The maximum absolute atomic E-state index is 14.8. The summed E-state index contributed by atoms with van der Waals surface area (Å²) in [5, 5.41) is 17.1. The monoisotopic (exact) mass is 399 g/mol. The minimum absolute atomic E-state index is 0.00866. The first kappa shape index (κ1) is 19.6. The number of nitrogens with zero attached hydrogens (tertiary/aromatic N) is 3. The van der Waals surface area contributed by atoms with Crippen LogP contribution in [0.2, 0.25) is 0 Å². The number of anilines is 1. The van der Waals surface area contributed by atoms with Crippen molar-refractivity contribution in [2.75, 3.05) is 18.4 Å². The highest BCUT2D eigenvalue weighted by Gasteiger charge is 2.19. The van der Waals surface area contributed by atoms with Crippen LogP contribution in [0.25, 0.3) is 22.2 Å². The van der Waals surface area contributed by atoms with E-state index >= 15 is 0 Å². The fourth-order valence-corrected chi connectivity index (χ4v) is 3.71. The Kier molecular flexibility index (Phi) is 5.38. The second kappa shape index (κ2) is 7.96. The maximum atomic E-state index is 14.8. The lowest BCUT2D eigenvalue weighted by molar-refractivity contribution is 0.200. The molecule has 1 aliphatic rings. The van der Waals surface area contributed by atoms with Crippen molar-refractivity contribution in [2.24, 2.45) is 0 Å². The molecular weight excluding hydrogens is 376 g/mol. The standard InChI is InChI=1S/C21H23F2N5O/c1-11-7-15(12(2)29)16-8-13(9-17(22)20(16)26-11)19-18(23)10-25-21(28-19)27-14-3-5-24-6-4-14/h7-10,12,14,24,29H,3-6H2,1-2H3,(H,25,27,28). The fraction of sp³-hybridized carbons (Fsp3) is 0.381. The van der Waals surface area contributed by atoms with Gasteiger partial charge >= 0.3 is 0 Å². The first-order chi connectivity index (χ1) is 13.9. The number of aromatic nitrogens is 3. The van der Waals surface area contributed by atoms with Crippen molar-refractivity contribution in [3.8, 4) is 11.3 Å². The molecule has 29 heavy (non-hydrogen) atoms. The molecule has 0 aliphatic carbocycles. The second-order valence-corrected chi connectivity index (χ2v) is 7.44. The van der Waals surface area contributed by atoms with Gasteiger partial charge in [0.2, 0.25) is 5.95 Å². The number of rotatable bonds is 4. The third-order valence-corrected chi connectivity index (χ3v) is 5.17. The number of aryl methyl sites for hydroxylation is 1. The molecule has 0 spiro atoms. The van der Waals surface area contributed by atoms with Gasteiger partial charge in [0.05, 0.1) is 12.3 Å². The predicted octanol–water partition coefficient (Wildman–Crippen LogP) is 3.50. The highest BCUT2D eigenvalue weighted by Crippen LogP contribution is 2.31. The molecule has 1 saturated heterocycles. The van der Waals surface area contributed by atoms with Crippen LogP contribution < -0.4 is 10.6 Å². The summed E-state index contributed by atoms with van der Waals surface area (Å²) in [7, 11) is 0. The van der Waals surface area contributed by atoms with Gasteiger partial charge in [-0.05, 0) is 63.5 Å². The molecule has 1 fully saturated rings. The van der Waals surface area contributed by atoms with Crippen LogP contribution in [0.3, 0.4) is 0 Å². The first-order valence-corrected chi connectivity index (χ1v) is 9.71. The van der Waals surface area contributed by atoms with Crippen LogP contribution in [-0.2, 0) is 0 Å². The molecule has 0 saturated carbocycles. The summed E-state index contributed by atoms with van der Waals surface area (Å²) in [5.74, 6) is -0.918. The summed E-state index contributed by atoms with van der Waals surface area (Å²) >= 11 is 0. The van der Waals surface area contributed by atoms with Crippen LogP contribution in [-0.4, -0.2) is 39.2 Å². The van der Waals surface area contributed by atoms with Crippen molar-refractivity contribution in [2.45, 2.75) is 38.8 Å². The summed E-state index contributed by atoms with van der Waals surface area (Å²) in [6.45, 7) is 5.14. The molecular formula is C21H23F2N5O. The molecule has 8 heteroatoms. The SMILES string of the molecule is Cc1cc(C(C)O)c2cc(-c3nc(NC4CCNCC4)ncc3F)cc(F)c2n1. The highest BCUT2D eigenvalue weighted by molar-refractivity contribution is 5.88. The summed E-state index contributed by atoms with van der Waals surface area (Å²) in [5.41, 5.74) is 1.56. The van der Waals surface area contributed by atoms with Crippen molar-refractivity contribution in [3.63, 3.8) is 0 Å². The molecule has 1 aliphatic heterocycles. The molecule has 152 valence electrons. The molecule has 3 N–H and O–H groups in total. The van der Waals surface area contributed by atoms with E-state index in [1.807, 2.05) is 0 Å². The summed E-state index contributed by atoms with van der Waals surface area (Å²) in [6.07, 6.45) is 2.12. The summed E-state index contributed by atoms with van der Waals surface area (Å²) in [4.78, 5) is 12.6. The lowest BCUT2D eigenvalue weighted by Gasteiger charge is -2.23. The highest BCUT2D eigenvalue weighted by atomic mass is 19.1. The van der Waals surface area contributed by atoms with Crippen LogP contribution >= 0.6 is 0 Å². The van der Waals surface area contributed by atoms with E-state index in [0.29, 0.717) is 22.6 Å². The number of fused-ring (bicyclic) bond motifs is 1. The molecule has 1 unspecified atom stereocenters. The van der Waals surface area contributed by atoms with E-state index in [1.165, 1.54) is 6.07 Å². The van der Waals surface area contributed by atoms with Crippen molar-refractivity contribution >= 4 is 16.9 Å². The average molecular weight is 399 g/mol. The lowest BCUT2D eigenvalue weighted by Crippen LogP contribution is -2.35. The fourth-order valence-electron chi connectivity index (χ4n) is 3.71. The number of hydrogen-bond acceptors (Lipinski definition) is 6. The second-order valence-electron chi connectivity index (χ2n) is 7.44. The molecule has 3 aromatic rings. The van der Waals surface area contributed by atoms with E-state index in [1.54, 1.807) is 26.0 Å². The Balaban J connectivity index is 1.78. The van der Waals surface area contributed by atoms with Crippen LogP contribution in [0.4, 0.5) is 14.7 Å². The Morgan fingerprint density at radius 2 is 1.90 bits per heavy atom. The summed E-state index contributed by atoms with van der Waals surface area (Å²) in [6, 6.07) is 4.75. The largest absolute Gasteiger partial charge is 0.389 e. The zero-order valence-corrected chi connectivity index (χ0v) is 16.3. The van der Waals surface area contributed by atoms with Crippen molar-refractivity contribution < 1.29 is 13.9 Å². The topological polar surface area (TPSA) is 83.0 Å². The van der Waals surface area contributed by atoms with Gasteiger partial charge in [0.1, 0.15) is 17.0 Å². The van der Waals surface area contributed by atoms with E-state index in [0.717, 1.165) is 32.1 Å². The molecule has 6 nitrogen and oxygen atoms in total. The Morgan fingerprint density at radius 1 is 1.14 bits per heavy atom. The van der Waals surface area contributed by atoms with E-state index in [9.17, 15) is 13.9 Å². The number of aliphatic hydroxyl groups is 1. The Labute approximate surface area is 167 Å². The van der Waals surface area contributed by atoms with Crippen LogP contribution in [0.5, 0.6) is 0 Å². The molecule has 1 aromatic carbocycles. The zero-order chi connectivity index (χ0) is 20.5. The quantitative estimate of drug-likeness (QED) is 0.623. The molecule has 1 atom stereocenters. The first-order valence-electron chi connectivity index (χ1n) is 9.71. The smallest absolute Gasteiger partial charge is 0.223 e. The third kappa shape index (κ3) is 4.04. The number of piperidine rings is 1. The minimum atomic E-state index is -0.818. The van der Waals surface area contributed by atoms with E-state index in [2.05, 4.69) is 25.6 Å². The van der Waals surface area contributed by atoms with Gasteiger partial charge in [-0.1, -0.05) is 0 Å². The maximum Gasteiger partial charge on any atom is 0.223 e. The number of pyridine rings is 1. The van der Waals surface area contributed by atoms with Crippen LogP contribution in [0, 0.1) is 18.6 Å². The summed E-state index contributed by atoms with van der Waals surface area (Å²) < 4.78 is 29.4. The predicted molar refractivity (Wildman–Crippen MR) is 108 cm³/mol. The number of nitrogens with one attached hydrogen (secondary N) is 2. The number of halogens is 2. The van der Waals surface area contributed by atoms with Gasteiger partial charge < -0.3 is 15.7 Å². The van der Waals surface area contributed by atoms with E-state index in [4.69, 9.17) is 0 Å². The van der Waals surface area contributed by atoms with E-state index < -0.39 is 17.7 Å². The minimum Gasteiger partial charge on any atom is -0.389 e.